The lowest BCUT2D eigenvalue weighted by atomic mass is 10.00. The molecule has 6 heteroatoms. The molecule has 0 radical (unpaired) electrons. The van der Waals surface area contributed by atoms with Gasteiger partial charge >= 0.3 is 12.1 Å². The van der Waals surface area contributed by atoms with Gasteiger partial charge in [0.05, 0.1) is 11.5 Å². The summed E-state index contributed by atoms with van der Waals surface area (Å²) in [6, 6.07) is 3.60. The number of carbonyl (C=O) groups is 1. The third kappa shape index (κ3) is 3.04. The largest absolute Gasteiger partial charge is 0.481 e. The zero-order valence-corrected chi connectivity index (χ0v) is 11.7. The third-order valence-corrected chi connectivity index (χ3v) is 3.58. The Kier molecular flexibility index (Phi) is 3.98. The summed E-state index contributed by atoms with van der Waals surface area (Å²) in [6.45, 7) is 4.05. The molecule has 1 aromatic heterocycles. The van der Waals surface area contributed by atoms with Crippen LogP contribution < -0.4 is 0 Å². The molecule has 1 atom stereocenters. The van der Waals surface area contributed by atoms with Gasteiger partial charge < -0.3 is 9.67 Å². The highest BCUT2D eigenvalue weighted by atomic mass is 19.4. The number of aliphatic carboxylic acids is 1. The Morgan fingerprint density at radius 3 is 2.57 bits per heavy atom. The molecule has 2 aromatic rings. The summed E-state index contributed by atoms with van der Waals surface area (Å²) >= 11 is 0. The van der Waals surface area contributed by atoms with Crippen LogP contribution >= 0.6 is 0 Å². The van der Waals surface area contributed by atoms with Crippen LogP contribution in [0.15, 0.2) is 24.4 Å². The van der Waals surface area contributed by atoms with Gasteiger partial charge in [0.2, 0.25) is 0 Å². The number of fused-ring (bicyclic) bond motifs is 1. The lowest BCUT2D eigenvalue weighted by Crippen LogP contribution is -2.12. The minimum atomic E-state index is -4.40. The van der Waals surface area contributed by atoms with Crippen molar-refractivity contribution in [3.05, 3.63) is 35.5 Å². The highest BCUT2D eigenvalue weighted by Crippen LogP contribution is 2.33. The monoisotopic (exact) mass is 299 g/mol. The average Bonchev–Trinajstić information content (AvgIpc) is 2.75. The second-order valence-electron chi connectivity index (χ2n) is 5.11. The van der Waals surface area contributed by atoms with Crippen LogP contribution in [0, 0.1) is 5.92 Å². The fourth-order valence-electron chi connectivity index (χ4n) is 2.39. The molecule has 0 bridgehead atoms. The molecule has 0 fully saturated rings. The van der Waals surface area contributed by atoms with Gasteiger partial charge in [0, 0.05) is 23.6 Å². The van der Waals surface area contributed by atoms with Gasteiger partial charge in [-0.05, 0) is 37.1 Å². The first-order chi connectivity index (χ1) is 9.74. The molecular formula is C15H16F3NO2. The molecule has 0 aliphatic rings. The van der Waals surface area contributed by atoms with Crippen LogP contribution in [-0.4, -0.2) is 15.6 Å². The van der Waals surface area contributed by atoms with Crippen LogP contribution in [0.4, 0.5) is 13.2 Å². The Labute approximate surface area is 120 Å². The average molecular weight is 299 g/mol. The van der Waals surface area contributed by atoms with E-state index in [0.717, 1.165) is 12.1 Å². The van der Waals surface area contributed by atoms with E-state index in [1.165, 1.54) is 6.07 Å². The predicted octanol–water partition coefficient (Wildman–Crippen LogP) is 3.94. The van der Waals surface area contributed by atoms with Crippen LogP contribution in [0.3, 0.4) is 0 Å². The molecule has 0 saturated carbocycles. The lowest BCUT2D eigenvalue weighted by molar-refractivity contribution is -0.141. The number of nitrogens with zero attached hydrogens (tertiary/aromatic N) is 1. The smallest absolute Gasteiger partial charge is 0.416 e. The van der Waals surface area contributed by atoms with Crippen LogP contribution in [-0.2, 0) is 23.9 Å². The maximum Gasteiger partial charge on any atom is 0.416 e. The third-order valence-electron chi connectivity index (χ3n) is 3.58. The van der Waals surface area contributed by atoms with E-state index in [2.05, 4.69) is 0 Å². The highest BCUT2D eigenvalue weighted by molar-refractivity contribution is 5.85. The maximum atomic E-state index is 12.8. The fraction of sp³-hybridized carbons (Fsp3) is 0.400. The second-order valence-corrected chi connectivity index (χ2v) is 5.11. The van der Waals surface area contributed by atoms with E-state index in [1.807, 2.05) is 11.5 Å². The minimum absolute atomic E-state index is 0.208. The molecule has 1 unspecified atom stereocenters. The van der Waals surface area contributed by atoms with E-state index >= 15 is 0 Å². The summed E-state index contributed by atoms with van der Waals surface area (Å²) in [6.07, 6.45) is -2.46. The van der Waals surface area contributed by atoms with E-state index < -0.39 is 23.6 Å². The van der Waals surface area contributed by atoms with Crippen molar-refractivity contribution in [1.29, 1.82) is 0 Å². The molecule has 0 aliphatic heterocycles. The van der Waals surface area contributed by atoms with Crippen molar-refractivity contribution in [2.75, 3.05) is 0 Å². The van der Waals surface area contributed by atoms with Gasteiger partial charge in [-0.25, -0.2) is 0 Å². The number of rotatable bonds is 4. The van der Waals surface area contributed by atoms with Crippen molar-refractivity contribution in [2.45, 2.75) is 33.0 Å². The lowest BCUT2D eigenvalue weighted by Gasteiger charge is -2.08. The molecule has 21 heavy (non-hydrogen) atoms. The van der Waals surface area contributed by atoms with E-state index in [0.29, 0.717) is 23.0 Å². The molecule has 3 nitrogen and oxygen atoms in total. The van der Waals surface area contributed by atoms with Crippen molar-refractivity contribution in [3.63, 3.8) is 0 Å². The topological polar surface area (TPSA) is 42.2 Å². The van der Waals surface area contributed by atoms with Gasteiger partial charge in [0.25, 0.3) is 0 Å². The standard InChI is InChI=1S/C15H16F3NO2/c1-3-19-8-10(6-9(2)14(20)21)12-7-11(15(16,17)18)4-5-13(12)19/h4-5,7-9H,3,6H2,1-2H3,(H,20,21). The van der Waals surface area contributed by atoms with E-state index in [-0.39, 0.29) is 6.42 Å². The first kappa shape index (κ1) is 15.4. The Bertz CT molecular complexity index is 673. The number of aromatic nitrogens is 1. The van der Waals surface area contributed by atoms with Crippen LogP contribution in [0.5, 0.6) is 0 Å². The van der Waals surface area contributed by atoms with E-state index in [9.17, 15) is 18.0 Å². The van der Waals surface area contributed by atoms with Crippen LogP contribution in [0.25, 0.3) is 10.9 Å². The number of halogens is 3. The zero-order chi connectivity index (χ0) is 15.8. The number of alkyl halides is 3. The fourth-order valence-corrected chi connectivity index (χ4v) is 2.39. The Balaban J connectivity index is 2.56. The summed E-state index contributed by atoms with van der Waals surface area (Å²) < 4.78 is 40.3. The van der Waals surface area contributed by atoms with Gasteiger partial charge in [-0.2, -0.15) is 13.2 Å². The molecule has 2 rings (SSSR count). The first-order valence-corrected chi connectivity index (χ1v) is 6.65. The van der Waals surface area contributed by atoms with Crippen molar-refractivity contribution >= 4 is 16.9 Å². The number of hydrogen-bond donors (Lipinski definition) is 1. The zero-order valence-electron chi connectivity index (χ0n) is 11.7. The number of benzene rings is 1. The Morgan fingerprint density at radius 2 is 2.05 bits per heavy atom. The van der Waals surface area contributed by atoms with Crippen LogP contribution in [0.2, 0.25) is 0 Å². The molecule has 1 aromatic carbocycles. The van der Waals surface area contributed by atoms with Gasteiger partial charge in [-0.1, -0.05) is 6.92 Å². The minimum Gasteiger partial charge on any atom is -0.481 e. The molecule has 0 saturated heterocycles. The second kappa shape index (κ2) is 5.42. The number of hydrogen-bond acceptors (Lipinski definition) is 1. The SMILES string of the molecule is CCn1cc(CC(C)C(=O)O)c2cc(C(F)(F)F)ccc21. The summed E-state index contributed by atoms with van der Waals surface area (Å²) in [5.41, 5.74) is 0.610. The number of carboxylic acid groups (broad SMARTS) is 1. The molecule has 0 aliphatic carbocycles. The van der Waals surface area contributed by atoms with Gasteiger partial charge in [0.1, 0.15) is 0 Å². The van der Waals surface area contributed by atoms with Gasteiger partial charge in [0.15, 0.2) is 0 Å². The predicted molar refractivity (Wildman–Crippen MR) is 73.1 cm³/mol. The van der Waals surface area contributed by atoms with Gasteiger partial charge in [-0.3, -0.25) is 4.79 Å². The molecule has 0 spiro atoms. The first-order valence-electron chi connectivity index (χ1n) is 6.65. The summed E-state index contributed by atoms with van der Waals surface area (Å²) in [4.78, 5) is 11.0. The Morgan fingerprint density at radius 1 is 1.38 bits per heavy atom. The number of aryl methyl sites for hydroxylation is 1. The van der Waals surface area contributed by atoms with E-state index in [1.54, 1.807) is 13.1 Å². The summed E-state index contributed by atoms with van der Waals surface area (Å²) in [5, 5.41) is 9.45. The molecular weight excluding hydrogens is 283 g/mol. The maximum absolute atomic E-state index is 12.8. The number of carboxylic acids is 1. The quantitative estimate of drug-likeness (QED) is 0.929. The van der Waals surface area contributed by atoms with Crippen molar-refractivity contribution < 1.29 is 23.1 Å². The summed E-state index contributed by atoms with van der Waals surface area (Å²) in [5.74, 6) is -1.60. The molecule has 1 N–H and O–H groups in total. The Hall–Kier alpha value is -1.98. The molecule has 114 valence electrons. The van der Waals surface area contributed by atoms with Gasteiger partial charge in [-0.15, -0.1) is 0 Å². The normalized spacial score (nSPS) is 13.6. The molecule has 0 amide bonds. The highest BCUT2D eigenvalue weighted by Gasteiger charge is 2.31. The van der Waals surface area contributed by atoms with Crippen LogP contribution in [0.1, 0.15) is 25.0 Å². The van der Waals surface area contributed by atoms with Crippen molar-refractivity contribution in [2.24, 2.45) is 5.92 Å². The molecule has 1 heterocycles. The summed E-state index contributed by atoms with van der Waals surface area (Å²) in [7, 11) is 0. The van der Waals surface area contributed by atoms with E-state index in [4.69, 9.17) is 5.11 Å². The van der Waals surface area contributed by atoms with Crippen molar-refractivity contribution in [1.82, 2.24) is 4.57 Å². The van der Waals surface area contributed by atoms with Crippen molar-refractivity contribution in [3.8, 4) is 0 Å².